The lowest BCUT2D eigenvalue weighted by molar-refractivity contribution is -0.133. The topological polar surface area (TPSA) is 58.4 Å². The second-order valence-corrected chi connectivity index (χ2v) is 7.62. The number of rotatable bonds is 5. The highest BCUT2D eigenvalue weighted by Gasteiger charge is 2.26. The standard InChI is InChI=1S/C18H27ClN4O2/c1-13-18(19)14(2)23(20-13)12-17(25)22-10-6-15(7-11-22)5-9-21-8-3-4-16(21)24/h15H,3-12H2,1-2H3. The Labute approximate surface area is 154 Å². The molecule has 2 aliphatic heterocycles. The Morgan fingerprint density at radius 1 is 1.24 bits per heavy atom. The third-order valence-electron chi connectivity index (χ3n) is 5.52. The number of aromatic nitrogens is 2. The number of aryl methyl sites for hydroxylation is 1. The van der Waals surface area contributed by atoms with Crippen LogP contribution in [0.3, 0.4) is 0 Å². The summed E-state index contributed by atoms with van der Waals surface area (Å²) in [5.41, 5.74) is 1.61. The lowest BCUT2D eigenvalue weighted by Gasteiger charge is -2.33. The van der Waals surface area contributed by atoms with Crippen LogP contribution < -0.4 is 0 Å². The Bertz CT molecular complexity index is 650. The van der Waals surface area contributed by atoms with Gasteiger partial charge in [-0.2, -0.15) is 5.10 Å². The van der Waals surface area contributed by atoms with Gasteiger partial charge in [0.15, 0.2) is 0 Å². The highest BCUT2D eigenvalue weighted by molar-refractivity contribution is 6.31. The van der Waals surface area contributed by atoms with Gasteiger partial charge < -0.3 is 9.80 Å². The molecule has 3 heterocycles. The SMILES string of the molecule is Cc1nn(CC(=O)N2CCC(CCN3CCCC3=O)CC2)c(C)c1Cl. The van der Waals surface area contributed by atoms with E-state index < -0.39 is 0 Å². The molecule has 2 amide bonds. The number of nitrogens with zero attached hydrogens (tertiary/aromatic N) is 4. The Balaban J connectivity index is 1.44. The molecule has 6 nitrogen and oxygen atoms in total. The summed E-state index contributed by atoms with van der Waals surface area (Å²) in [7, 11) is 0. The number of hydrogen-bond donors (Lipinski definition) is 0. The maximum atomic E-state index is 12.5. The molecule has 0 bridgehead atoms. The Morgan fingerprint density at radius 3 is 2.52 bits per heavy atom. The van der Waals surface area contributed by atoms with Gasteiger partial charge in [0.25, 0.3) is 0 Å². The molecule has 1 aromatic heterocycles. The first kappa shape index (κ1) is 18.2. The Hall–Kier alpha value is -1.56. The normalized spacial score (nSPS) is 19.1. The molecule has 0 saturated carbocycles. The van der Waals surface area contributed by atoms with Gasteiger partial charge in [-0.3, -0.25) is 14.3 Å². The van der Waals surface area contributed by atoms with Crippen molar-refractivity contribution in [1.29, 1.82) is 0 Å². The van der Waals surface area contributed by atoms with Gasteiger partial charge in [0.05, 0.1) is 16.4 Å². The minimum absolute atomic E-state index is 0.107. The predicted octanol–water partition coefficient (Wildman–Crippen LogP) is 2.40. The summed E-state index contributed by atoms with van der Waals surface area (Å²) in [6.07, 6.45) is 4.81. The Kier molecular flexibility index (Phi) is 5.67. The molecule has 0 N–H and O–H groups in total. The molecule has 1 aromatic rings. The van der Waals surface area contributed by atoms with Crippen LogP contribution >= 0.6 is 11.6 Å². The third kappa shape index (κ3) is 4.17. The molecule has 0 atom stereocenters. The van der Waals surface area contributed by atoms with E-state index >= 15 is 0 Å². The van der Waals surface area contributed by atoms with Gasteiger partial charge in [0.1, 0.15) is 6.54 Å². The average Bonchev–Trinajstić information content (AvgIpc) is 3.12. The molecule has 2 aliphatic rings. The largest absolute Gasteiger partial charge is 0.343 e. The minimum atomic E-state index is 0.107. The zero-order chi connectivity index (χ0) is 18.0. The second kappa shape index (κ2) is 7.77. The highest BCUT2D eigenvalue weighted by Crippen LogP contribution is 2.23. The fraction of sp³-hybridized carbons (Fsp3) is 0.722. The van der Waals surface area contributed by atoms with Crippen molar-refractivity contribution in [2.45, 2.75) is 52.5 Å². The molecule has 0 aromatic carbocycles. The molecule has 138 valence electrons. The summed E-state index contributed by atoms with van der Waals surface area (Å²) in [5, 5.41) is 4.98. The number of likely N-dealkylation sites (tertiary alicyclic amines) is 2. The molecule has 2 fully saturated rings. The van der Waals surface area contributed by atoms with Crippen LogP contribution in [0.4, 0.5) is 0 Å². The van der Waals surface area contributed by atoms with E-state index in [-0.39, 0.29) is 12.5 Å². The second-order valence-electron chi connectivity index (χ2n) is 7.24. The third-order valence-corrected chi connectivity index (χ3v) is 6.07. The molecule has 3 rings (SSSR count). The van der Waals surface area contributed by atoms with E-state index in [1.54, 1.807) is 4.68 Å². The predicted molar refractivity (Wildman–Crippen MR) is 96.4 cm³/mol. The van der Waals surface area contributed by atoms with E-state index in [0.717, 1.165) is 63.3 Å². The molecule has 0 spiro atoms. The molecule has 0 radical (unpaired) electrons. The fourth-order valence-corrected chi connectivity index (χ4v) is 3.94. The number of amides is 2. The summed E-state index contributed by atoms with van der Waals surface area (Å²) >= 11 is 6.15. The number of hydrogen-bond acceptors (Lipinski definition) is 3. The van der Waals surface area contributed by atoms with Gasteiger partial charge in [-0.25, -0.2) is 0 Å². The van der Waals surface area contributed by atoms with Gasteiger partial charge >= 0.3 is 0 Å². The molecule has 25 heavy (non-hydrogen) atoms. The minimum Gasteiger partial charge on any atom is -0.343 e. The van der Waals surface area contributed by atoms with Crippen molar-refractivity contribution in [2.24, 2.45) is 5.92 Å². The molecular weight excluding hydrogens is 340 g/mol. The van der Waals surface area contributed by atoms with Crippen LogP contribution in [0, 0.1) is 19.8 Å². The van der Waals surface area contributed by atoms with Crippen LogP contribution in [0.1, 0.15) is 43.5 Å². The zero-order valence-corrected chi connectivity index (χ0v) is 15.9. The molecular formula is C18H27ClN4O2. The van der Waals surface area contributed by atoms with Crippen molar-refractivity contribution in [1.82, 2.24) is 19.6 Å². The lowest BCUT2D eigenvalue weighted by atomic mass is 9.93. The first-order valence-corrected chi connectivity index (χ1v) is 9.58. The van der Waals surface area contributed by atoms with Crippen LogP contribution in [0.5, 0.6) is 0 Å². The molecule has 7 heteroatoms. The van der Waals surface area contributed by atoms with E-state index in [1.165, 1.54) is 0 Å². The van der Waals surface area contributed by atoms with E-state index in [1.807, 2.05) is 23.6 Å². The van der Waals surface area contributed by atoms with E-state index in [0.29, 0.717) is 23.3 Å². The van der Waals surface area contributed by atoms with E-state index in [9.17, 15) is 9.59 Å². The number of halogens is 1. The van der Waals surface area contributed by atoms with E-state index in [2.05, 4.69) is 5.10 Å². The van der Waals surface area contributed by atoms with Crippen molar-refractivity contribution < 1.29 is 9.59 Å². The van der Waals surface area contributed by atoms with Crippen molar-refractivity contribution >= 4 is 23.4 Å². The van der Waals surface area contributed by atoms with E-state index in [4.69, 9.17) is 11.6 Å². The fourth-order valence-electron chi connectivity index (χ4n) is 3.81. The van der Waals surface area contributed by atoms with Crippen molar-refractivity contribution in [2.75, 3.05) is 26.2 Å². The van der Waals surface area contributed by atoms with Crippen LogP contribution in [-0.4, -0.2) is 57.6 Å². The monoisotopic (exact) mass is 366 g/mol. The number of carbonyl (C=O) groups excluding carboxylic acids is 2. The Morgan fingerprint density at radius 2 is 1.96 bits per heavy atom. The zero-order valence-electron chi connectivity index (χ0n) is 15.1. The lowest BCUT2D eigenvalue weighted by Crippen LogP contribution is -2.41. The quantitative estimate of drug-likeness (QED) is 0.804. The molecule has 2 saturated heterocycles. The first-order valence-electron chi connectivity index (χ1n) is 9.20. The summed E-state index contributed by atoms with van der Waals surface area (Å²) in [5.74, 6) is 1.02. The maximum absolute atomic E-state index is 12.5. The highest BCUT2D eigenvalue weighted by atomic mass is 35.5. The van der Waals surface area contributed by atoms with Crippen LogP contribution in [-0.2, 0) is 16.1 Å². The van der Waals surface area contributed by atoms with Gasteiger partial charge in [-0.05, 0) is 45.4 Å². The van der Waals surface area contributed by atoms with Crippen molar-refractivity contribution in [3.63, 3.8) is 0 Å². The number of piperidine rings is 1. The maximum Gasteiger partial charge on any atom is 0.244 e. The first-order chi connectivity index (χ1) is 12.0. The van der Waals surface area contributed by atoms with Crippen molar-refractivity contribution in [3.05, 3.63) is 16.4 Å². The van der Waals surface area contributed by atoms with Gasteiger partial charge in [-0.15, -0.1) is 0 Å². The smallest absolute Gasteiger partial charge is 0.244 e. The summed E-state index contributed by atoms with van der Waals surface area (Å²) < 4.78 is 1.70. The molecule has 0 unspecified atom stereocenters. The van der Waals surface area contributed by atoms with Crippen molar-refractivity contribution in [3.8, 4) is 0 Å². The summed E-state index contributed by atoms with van der Waals surface area (Å²) in [4.78, 5) is 28.1. The summed E-state index contributed by atoms with van der Waals surface area (Å²) in [6, 6.07) is 0. The average molecular weight is 367 g/mol. The summed E-state index contributed by atoms with van der Waals surface area (Å²) in [6.45, 7) is 7.39. The number of carbonyl (C=O) groups is 2. The van der Waals surface area contributed by atoms with Crippen LogP contribution in [0.2, 0.25) is 5.02 Å². The van der Waals surface area contributed by atoms with Crippen LogP contribution in [0.15, 0.2) is 0 Å². The molecule has 0 aliphatic carbocycles. The van der Waals surface area contributed by atoms with Crippen LogP contribution in [0.25, 0.3) is 0 Å². The van der Waals surface area contributed by atoms with Gasteiger partial charge in [0, 0.05) is 32.6 Å². The van der Waals surface area contributed by atoms with Gasteiger partial charge in [-0.1, -0.05) is 11.6 Å². The van der Waals surface area contributed by atoms with Gasteiger partial charge in [0.2, 0.25) is 11.8 Å².